The highest BCUT2D eigenvalue weighted by Crippen LogP contribution is 2.27. The zero-order valence-electron chi connectivity index (χ0n) is 11.7. The van der Waals surface area contributed by atoms with Crippen molar-refractivity contribution < 1.29 is 0 Å². The molecule has 0 bridgehead atoms. The standard InChI is InChI=1S/C16H22ClNS/c1-3-5-6-9-14(18-12-4-2)13-19-16-11-8-7-10-15(16)17/h7-8,10-11,14,18H,4,6,9,12-13H2,1-2H3. The molecule has 1 aromatic carbocycles. The third kappa shape index (κ3) is 6.92. The lowest BCUT2D eigenvalue weighted by molar-refractivity contribution is 0.526. The molecule has 0 aromatic heterocycles. The van der Waals surface area contributed by atoms with Gasteiger partial charge in [-0.2, -0.15) is 0 Å². The summed E-state index contributed by atoms with van der Waals surface area (Å²) in [6.07, 6.45) is 3.21. The van der Waals surface area contributed by atoms with Gasteiger partial charge in [-0.1, -0.05) is 30.7 Å². The van der Waals surface area contributed by atoms with Gasteiger partial charge in [0.15, 0.2) is 0 Å². The first-order valence-corrected chi connectivity index (χ1v) is 8.14. The molecule has 0 aliphatic rings. The molecule has 1 N–H and O–H groups in total. The minimum Gasteiger partial charge on any atom is -0.313 e. The van der Waals surface area contributed by atoms with Crippen LogP contribution in [0.15, 0.2) is 29.2 Å². The maximum Gasteiger partial charge on any atom is 0.0541 e. The molecule has 0 saturated heterocycles. The smallest absolute Gasteiger partial charge is 0.0541 e. The highest BCUT2D eigenvalue weighted by molar-refractivity contribution is 7.99. The van der Waals surface area contributed by atoms with Crippen LogP contribution in [0.4, 0.5) is 0 Å². The van der Waals surface area contributed by atoms with E-state index in [0.29, 0.717) is 6.04 Å². The third-order valence-corrected chi connectivity index (χ3v) is 4.43. The number of halogens is 1. The van der Waals surface area contributed by atoms with Gasteiger partial charge in [-0.05, 0) is 38.4 Å². The molecule has 0 radical (unpaired) electrons. The molecule has 3 heteroatoms. The summed E-state index contributed by atoms with van der Waals surface area (Å²) in [4.78, 5) is 1.16. The summed E-state index contributed by atoms with van der Waals surface area (Å²) < 4.78 is 0. The van der Waals surface area contributed by atoms with Gasteiger partial charge in [-0.25, -0.2) is 0 Å². The minimum atomic E-state index is 0.502. The first-order chi connectivity index (χ1) is 9.27. The Hall–Kier alpha value is -0.620. The molecule has 1 unspecified atom stereocenters. The molecular weight excluding hydrogens is 274 g/mol. The van der Waals surface area contributed by atoms with Crippen molar-refractivity contribution >= 4 is 23.4 Å². The predicted molar refractivity (Wildman–Crippen MR) is 86.9 cm³/mol. The second-order valence-corrected chi connectivity index (χ2v) is 5.83. The van der Waals surface area contributed by atoms with E-state index in [9.17, 15) is 0 Å². The lowest BCUT2D eigenvalue weighted by atomic mass is 10.2. The molecule has 19 heavy (non-hydrogen) atoms. The van der Waals surface area contributed by atoms with Gasteiger partial charge in [-0.15, -0.1) is 23.6 Å². The zero-order chi connectivity index (χ0) is 13.9. The van der Waals surface area contributed by atoms with E-state index in [2.05, 4.69) is 30.1 Å². The third-order valence-electron chi connectivity index (χ3n) is 2.75. The van der Waals surface area contributed by atoms with Gasteiger partial charge < -0.3 is 5.32 Å². The fourth-order valence-corrected chi connectivity index (χ4v) is 3.06. The molecule has 0 spiro atoms. The number of hydrogen-bond acceptors (Lipinski definition) is 2. The zero-order valence-corrected chi connectivity index (χ0v) is 13.3. The average molecular weight is 296 g/mol. The van der Waals surface area contributed by atoms with Crippen LogP contribution in [0.3, 0.4) is 0 Å². The number of nitrogens with one attached hydrogen (secondary N) is 1. The van der Waals surface area contributed by atoms with Crippen LogP contribution in [-0.4, -0.2) is 18.3 Å². The monoisotopic (exact) mass is 295 g/mol. The second kappa shape index (κ2) is 10.2. The molecule has 1 atom stereocenters. The molecule has 0 aliphatic heterocycles. The summed E-state index contributed by atoms with van der Waals surface area (Å²) in [5.74, 6) is 7.13. The molecule has 0 fully saturated rings. The van der Waals surface area contributed by atoms with Crippen LogP contribution in [0.2, 0.25) is 5.02 Å². The highest BCUT2D eigenvalue weighted by Gasteiger charge is 2.09. The molecule has 1 aromatic rings. The van der Waals surface area contributed by atoms with Gasteiger partial charge in [0.1, 0.15) is 0 Å². The molecule has 1 nitrogen and oxygen atoms in total. The summed E-state index contributed by atoms with van der Waals surface area (Å²) in [6, 6.07) is 8.53. The summed E-state index contributed by atoms with van der Waals surface area (Å²) in [6.45, 7) is 5.15. The number of benzene rings is 1. The van der Waals surface area contributed by atoms with E-state index in [-0.39, 0.29) is 0 Å². The van der Waals surface area contributed by atoms with Crippen molar-refractivity contribution in [1.82, 2.24) is 5.32 Å². The Kier molecular flexibility index (Phi) is 8.82. The van der Waals surface area contributed by atoms with Gasteiger partial charge in [-0.3, -0.25) is 0 Å². The van der Waals surface area contributed by atoms with E-state index < -0.39 is 0 Å². The topological polar surface area (TPSA) is 12.0 Å². The lowest BCUT2D eigenvalue weighted by Gasteiger charge is -2.17. The molecule has 0 amide bonds. The molecular formula is C16H22ClNS. The fourth-order valence-electron chi connectivity index (χ4n) is 1.72. The van der Waals surface area contributed by atoms with Gasteiger partial charge in [0.25, 0.3) is 0 Å². The maximum atomic E-state index is 6.18. The fraction of sp³-hybridized carbons (Fsp3) is 0.500. The van der Waals surface area contributed by atoms with Crippen molar-refractivity contribution in [3.05, 3.63) is 29.3 Å². The quantitative estimate of drug-likeness (QED) is 0.555. The van der Waals surface area contributed by atoms with Gasteiger partial charge >= 0.3 is 0 Å². The molecule has 104 valence electrons. The molecule has 0 saturated carbocycles. The van der Waals surface area contributed by atoms with Crippen LogP contribution in [-0.2, 0) is 0 Å². The molecule has 0 heterocycles. The first-order valence-electron chi connectivity index (χ1n) is 6.78. The SMILES string of the molecule is CC#CCCC(CSc1ccccc1Cl)NCCC. The Morgan fingerprint density at radius 1 is 1.37 bits per heavy atom. The van der Waals surface area contributed by atoms with Crippen molar-refractivity contribution in [3.8, 4) is 11.8 Å². The van der Waals surface area contributed by atoms with Crippen LogP contribution < -0.4 is 5.32 Å². The largest absolute Gasteiger partial charge is 0.313 e. The van der Waals surface area contributed by atoms with Crippen LogP contribution >= 0.6 is 23.4 Å². The Morgan fingerprint density at radius 3 is 2.84 bits per heavy atom. The first kappa shape index (κ1) is 16.4. The van der Waals surface area contributed by atoms with E-state index >= 15 is 0 Å². The van der Waals surface area contributed by atoms with Gasteiger partial charge in [0.2, 0.25) is 0 Å². The van der Waals surface area contributed by atoms with E-state index in [1.165, 1.54) is 0 Å². The van der Waals surface area contributed by atoms with Crippen LogP contribution in [0.25, 0.3) is 0 Å². The van der Waals surface area contributed by atoms with E-state index in [0.717, 1.165) is 41.5 Å². The average Bonchev–Trinajstić information content (AvgIpc) is 2.43. The Bertz CT molecular complexity index is 422. The van der Waals surface area contributed by atoms with Crippen LogP contribution in [0.5, 0.6) is 0 Å². The summed E-state index contributed by atoms with van der Waals surface area (Å²) in [5, 5.41) is 4.43. The van der Waals surface area contributed by atoms with Crippen LogP contribution in [0.1, 0.15) is 33.1 Å². The summed E-state index contributed by atoms with van der Waals surface area (Å²) in [5.41, 5.74) is 0. The Morgan fingerprint density at radius 2 is 2.16 bits per heavy atom. The van der Waals surface area contributed by atoms with E-state index in [1.54, 1.807) is 0 Å². The summed E-state index contributed by atoms with van der Waals surface area (Å²) >= 11 is 8.00. The Balaban J connectivity index is 2.46. The number of hydrogen-bond donors (Lipinski definition) is 1. The number of rotatable bonds is 8. The number of thioether (sulfide) groups is 1. The van der Waals surface area contributed by atoms with Crippen LogP contribution in [0, 0.1) is 11.8 Å². The van der Waals surface area contributed by atoms with E-state index in [1.807, 2.05) is 36.9 Å². The maximum absolute atomic E-state index is 6.18. The summed E-state index contributed by atoms with van der Waals surface area (Å²) in [7, 11) is 0. The highest BCUT2D eigenvalue weighted by atomic mass is 35.5. The second-order valence-electron chi connectivity index (χ2n) is 4.36. The van der Waals surface area contributed by atoms with Crippen molar-refractivity contribution in [2.24, 2.45) is 0 Å². The normalized spacial score (nSPS) is 11.7. The molecule has 0 aliphatic carbocycles. The van der Waals surface area contributed by atoms with Gasteiger partial charge in [0, 0.05) is 23.1 Å². The van der Waals surface area contributed by atoms with Crippen molar-refractivity contribution in [1.29, 1.82) is 0 Å². The van der Waals surface area contributed by atoms with E-state index in [4.69, 9.17) is 11.6 Å². The van der Waals surface area contributed by atoms with Gasteiger partial charge in [0.05, 0.1) is 5.02 Å². The van der Waals surface area contributed by atoms with Crippen molar-refractivity contribution in [2.75, 3.05) is 12.3 Å². The van der Waals surface area contributed by atoms with Crippen molar-refractivity contribution in [3.63, 3.8) is 0 Å². The Labute approximate surface area is 126 Å². The lowest BCUT2D eigenvalue weighted by Crippen LogP contribution is -2.31. The van der Waals surface area contributed by atoms with Crippen molar-refractivity contribution in [2.45, 2.75) is 44.0 Å². The predicted octanol–water partition coefficient (Wildman–Crippen LogP) is 4.60. The minimum absolute atomic E-state index is 0.502. The molecule has 1 rings (SSSR count).